The molecule has 0 bridgehead atoms. The third kappa shape index (κ3) is 12.0. The maximum Gasteiger partial charge on any atom is 0.221 e. The summed E-state index contributed by atoms with van der Waals surface area (Å²) in [6.07, 6.45) is 12.7. The lowest BCUT2D eigenvalue weighted by Crippen LogP contribution is -1.82. The monoisotopic (exact) mass is 232 g/mol. The number of unbranched alkanes of at least 4 members (excludes halogenated alkanes) is 6. The lowest BCUT2D eigenvalue weighted by atomic mass is 10.1. The summed E-state index contributed by atoms with van der Waals surface area (Å²) in [5.41, 5.74) is 0. The van der Waals surface area contributed by atoms with Crippen LogP contribution in [-0.4, -0.2) is 4.38 Å². The Labute approximate surface area is 98.3 Å². The first-order valence-electron chi connectivity index (χ1n) is 5.32. The fourth-order valence-electron chi connectivity index (χ4n) is 1.22. The topological polar surface area (TPSA) is 9.23 Å². The van der Waals surface area contributed by atoms with Crippen molar-refractivity contribution in [3.05, 3.63) is 12.3 Å². The highest BCUT2D eigenvalue weighted by atomic mass is 32.1. The van der Waals surface area contributed by atoms with Crippen molar-refractivity contribution in [2.45, 2.75) is 51.9 Å². The molecule has 0 rings (SSSR count). The molecule has 0 heterocycles. The second-order valence-electron chi connectivity index (χ2n) is 3.31. The molecule has 0 aromatic carbocycles. The molecule has 0 aromatic rings. The van der Waals surface area contributed by atoms with Crippen molar-refractivity contribution in [3.8, 4) is 0 Å². The number of thiol groups is 1. The van der Waals surface area contributed by atoms with Gasteiger partial charge in [0.1, 0.15) is 0 Å². The molecule has 14 heavy (non-hydrogen) atoms. The van der Waals surface area contributed by atoms with Crippen LogP contribution in [0.2, 0.25) is 0 Å². The van der Waals surface area contributed by atoms with E-state index in [1.807, 2.05) is 6.08 Å². The molecule has 0 atom stereocenters. The van der Waals surface area contributed by atoms with E-state index in [1.165, 1.54) is 38.5 Å². The van der Waals surface area contributed by atoms with E-state index in [9.17, 15) is 0 Å². The zero-order valence-electron chi connectivity index (χ0n) is 8.87. The molecule has 0 fully saturated rings. The van der Waals surface area contributed by atoms with Gasteiger partial charge >= 0.3 is 0 Å². The first kappa shape index (κ1) is 14.0. The van der Waals surface area contributed by atoms with Gasteiger partial charge in [-0.2, -0.15) is 0 Å². The average molecular weight is 232 g/mol. The van der Waals surface area contributed by atoms with Crippen LogP contribution >= 0.6 is 24.8 Å². The van der Waals surface area contributed by atoms with E-state index in [-0.39, 0.29) is 4.38 Å². The summed E-state index contributed by atoms with van der Waals surface area (Å²) in [5.74, 6) is 0. The molecule has 0 aliphatic rings. The molecule has 0 unspecified atom stereocenters. The zero-order chi connectivity index (χ0) is 10.6. The van der Waals surface area contributed by atoms with E-state index in [1.54, 1.807) is 6.26 Å². The van der Waals surface area contributed by atoms with Crippen molar-refractivity contribution in [1.29, 1.82) is 0 Å². The van der Waals surface area contributed by atoms with Crippen molar-refractivity contribution in [2.24, 2.45) is 0 Å². The minimum atomic E-state index is 0.282. The van der Waals surface area contributed by atoms with Crippen LogP contribution in [0.3, 0.4) is 0 Å². The highest BCUT2D eigenvalue weighted by molar-refractivity contribution is 8.10. The van der Waals surface area contributed by atoms with Crippen LogP contribution in [0.15, 0.2) is 12.3 Å². The van der Waals surface area contributed by atoms with Crippen LogP contribution in [0.1, 0.15) is 51.9 Å². The molecule has 3 heteroatoms. The minimum Gasteiger partial charge on any atom is -0.448 e. The number of ether oxygens (including phenoxy) is 1. The van der Waals surface area contributed by atoms with Gasteiger partial charge in [0.2, 0.25) is 4.38 Å². The largest absolute Gasteiger partial charge is 0.448 e. The van der Waals surface area contributed by atoms with E-state index in [0.29, 0.717) is 0 Å². The van der Waals surface area contributed by atoms with Gasteiger partial charge in [-0.3, -0.25) is 0 Å². The van der Waals surface area contributed by atoms with Gasteiger partial charge in [0, 0.05) is 0 Å². The van der Waals surface area contributed by atoms with Gasteiger partial charge in [0.25, 0.3) is 0 Å². The van der Waals surface area contributed by atoms with Gasteiger partial charge < -0.3 is 4.74 Å². The molecule has 0 saturated carbocycles. The Balaban J connectivity index is 3.05. The molecular weight excluding hydrogens is 212 g/mol. The summed E-state index contributed by atoms with van der Waals surface area (Å²) in [6.45, 7) is 2.24. The number of thiocarbonyl (C=S) groups is 1. The van der Waals surface area contributed by atoms with E-state index in [0.717, 1.165) is 6.42 Å². The Morgan fingerprint density at radius 3 is 2.50 bits per heavy atom. The van der Waals surface area contributed by atoms with E-state index in [4.69, 9.17) is 4.74 Å². The summed E-state index contributed by atoms with van der Waals surface area (Å²) in [6, 6.07) is 0. The third-order valence-electron chi connectivity index (χ3n) is 1.99. The van der Waals surface area contributed by atoms with Crippen LogP contribution in [0.4, 0.5) is 0 Å². The average Bonchev–Trinajstić information content (AvgIpc) is 2.15. The Morgan fingerprint density at radius 2 is 1.86 bits per heavy atom. The molecule has 0 aliphatic carbocycles. The van der Waals surface area contributed by atoms with Gasteiger partial charge in [0.05, 0.1) is 6.26 Å². The van der Waals surface area contributed by atoms with Crippen molar-refractivity contribution in [2.75, 3.05) is 0 Å². The molecule has 0 spiro atoms. The number of hydrogen-bond donors (Lipinski definition) is 1. The fraction of sp³-hybridized carbons (Fsp3) is 0.727. The van der Waals surface area contributed by atoms with Crippen LogP contribution in [-0.2, 0) is 4.74 Å². The lowest BCUT2D eigenvalue weighted by molar-refractivity contribution is 0.494. The second-order valence-corrected chi connectivity index (χ2v) is 4.39. The van der Waals surface area contributed by atoms with Crippen LogP contribution in [0.5, 0.6) is 0 Å². The van der Waals surface area contributed by atoms with E-state index < -0.39 is 0 Å². The molecule has 82 valence electrons. The molecule has 0 saturated heterocycles. The quantitative estimate of drug-likeness (QED) is 0.286. The molecule has 0 aliphatic heterocycles. The number of hydrogen-bond acceptors (Lipinski definition) is 2. The number of allylic oxidation sites excluding steroid dienone is 1. The molecular formula is C11H20OS2. The zero-order valence-corrected chi connectivity index (χ0v) is 10.6. The van der Waals surface area contributed by atoms with Crippen LogP contribution in [0, 0.1) is 0 Å². The van der Waals surface area contributed by atoms with Gasteiger partial charge in [0.15, 0.2) is 0 Å². The van der Waals surface area contributed by atoms with Gasteiger partial charge in [-0.25, -0.2) is 0 Å². The lowest BCUT2D eigenvalue weighted by Gasteiger charge is -1.97. The van der Waals surface area contributed by atoms with Crippen molar-refractivity contribution in [1.82, 2.24) is 0 Å². The molecule has 0 aromatic heterocycles. The Kier molecular flexibility index (Phi) is 11.0. The maximum absolute atomic E-state index is 4.90. The maximum atomic E-state index is 4.90. The highest BCUT2D eigenvalue weighted by Crippen LogP contribution is 2.07. The summed E-state index contributed by atoms with van der Waals surface area (Å²) in [7, 11) is 0. The Morgan fingerprint density at radius 1 is 1.21 bits per heavy atom. The summed E-state index contributed by atoms with van der Waals surface area (Å²) >= 11 is 8.47. The molecule has 0 amide bonds. The summed E-state index contributed by atoms with van der Waals surface area (Å²) < 4.78 is 5.18. The predicted octanol–water partition coefficient (Wildman–Crippen LogP) is 4.48. The standard InChI is InChI=1S/C11H20OS2/c1-2-3-4-5-6-7-8-9-10-12-11(13)14/h9-10H,2-8H2,1H3,(H,13,14). The predicted molar refractivity (Wildman–Crippen MR) is 69.8 cm³/mol. The van der Waals surface area contributed by atoms with Gasteiger partial charge in [-0.15, -0.1) is 0 Å². The second kappa shape index (κ2) is 11.1. The van der Waals surface area contributed by atoms with Crippen molar-refractivity contribution in [3.63, 3.8) is 0 Å². The van der Waals surface area contributed by atoms with Crippen LogP contribution in [0.25, 0.3) is 0 Å². The third-order valence-corrected chi connectivity index (χ3v) is 2.19. The summed E-state index contributed by atoms with van der Waals surface area (Å²) in [4.78, 5) is 0. The first-order valence-corrected chi connectivity index (χ1v) is 6.17. The minimum absolute atomic E-state index is 0.282. The summed E-state index contributed by atoms with van der Waals surface area (Å²) in [5, 5.41) is 0. The smallest absolute Gasteiger partial charge is 0.221 e. The van der Waals surface area contributed by atoms with Crippen LogP contribution < -0.4 is 0 Å². The van der Waals surface area contributed by atoms with Gasteiger partial charge in [-0.05, 0) is 31.1 Å². The van der Waals surface area contributed by atoms with E-state index in [2.05, 4.69) is 31.8 Å². The Bertz CT molecular complexity index is 167. The van der Waals surface area contributed by atoms with E-state index >= 15 is 0 Å². The molecule has 0 radical (unpaired) electrons. The van der Waals surface area contributed by atoms with Crippen molar-refractivity contribution >= 4 is 29.2 Å². The molecule has 1 nitrogen and oxygen atoms in total. The molecule has 0 N–H and O–H groups in total. The number of rotatable bonds is 8. The Hall–Kier alpha value is -0.0200. The van der Waals surface area contributed by atoms with Crippen molar-refractivity contribution < 1.29 is 4.74 Å². The first-order chi connectivity index (χ1) is 6.77. The fourth-order valence-corrected chi connectivity index (χ4v) is 1.33. The van der Waals surface area contributed by atoms with Gasteiger partial charge in [-0.1, -0.05) is 51.7 Å². The SMILES string of the molecule is CCCCCCCCC=COC(=S)S. The highest BCUT2D eigenvalue weighted by Gasteiger charge is 1.88. The normalized spacial score (nSPS) is 10.7.